The quantitative estimate of drug-likeness (QED) is 0.765. The molecule has 0 amide bonds. The molecular weight excluding hydrogens is 227 g/mol. The second-order valence-corrected chi connectivity index (χ2v) is 4.04. The summed E-state index contributed by atoms with van der Waals surface area (Å²) in [6.45, 7) is 10.5. The fourth-order valence-electron chi connectivity index (χ4n) is 1.52. The highest BCUT2D eigenvalue weighted by Crippen LogP contribution is 2.36. The van der Waals surface area contributed by atoms with E-state index in [0.29, 0.717) is 22.3 Å². The van der Waals surface area contributed by atoms with E-state index < -0.39 is 11.7 Å². The van der Waals surface area contributed by atoms with Crippen molar-refractivity contribution in [1.29, 1.82) is 0 Å². The first-order chi connectivity index (χ1) is 7.64. The molecule has 0 aromatic heterocycles. The number of allylic oxidation sites excluding steroid dienone is 2. The minimum absolute atomic E-state index is 0.290. The summed E-state index contributed by atoms with van der Waals surface area (Å²) in [7, 11) is 0. The van der Waals surface area contributed by atoms with Crippen molar-refractivity contribution in [2.24, 2.45) is 0 Å². The monoisotopic (exact) mass is 241 g/mol. The zero-order valence-electron chi connectivity index (χ0n) is 9.78. The molecule has 0 heterocycles. The van der Waals surface area contributed by atoms with E-state index in [9.17, 15) is 13.2 Å². The summed E-state index contributed by atoms with van der Waals surface area (Å²) >= 11 is 0. The second-order valence-electron chi connectivity index (χ2n) is 4.04. The molecule has 1 aromatic rings. The van der Waals surface area contributed by atoms with Gasteiger partial charge in [0.15, 0.2) is 0 Å². The largest absolute Gasteiger partial charge is 0.416 e. The molecule has 0 atom stereocenters. The Morgan fingerprint density at radius 3 is 1.65 bits per heavy atom. The van der Waals surface area contributed by atoms with Gasteiger partial charge in [0.25, 0.3) is 0 Å². The summed E-state index contributed by atoms with van der Waals surface area (Å²) in [6, 6.07) is 2.04. The van der Waals surface area contributed by atoms with Gasteiger partial charge >= 0.3 is 6.18 Å². The lowest BCUT2D eigenvalue weighted by molar-refractivity contribution is -0.137. The molecule has 0 bridgehead atoms. The van der Waals surface area contributed by atoms with Gasteiger partial charge in [0, 0.05) is 16.8 Å². The van der Waals surface area contributed by atoms with Gasteiger partial charge in [-0.2, -0.15) is 13.2 Å². The standard InChI is InChI=1S/C13H14F3N/c1-7(2)10-5-9(13(14,15)16)6-11(8(3)4)12(10)17/h5-6H,1,3,17H2,2,4H3. The summed E-state index contributed by atoms with van der Waals surface area (Å²) < 4.78 is 38.1. The maximum atomic E-state index is 12.7. The van der Waals surface area contributed by atoms with Gasteiger partial charge in [-0.1, -0.05) is 13.2 Å². The van der Waals surface area contributed by atoms with Gasteiger partial charge < -0.3 is 5.73 Å². The highest BCUT2D eigenvalue weighted by Gasteiger charge is 2.32. The fraction of sp³-hybridized carbons (Fsp3) is 0.231. The normalized spacial score (nSPS) is 11.4. The van der Waals surface area contributed by atoms with Crippen molar-refractivity contribution in [3.05, 3.63) is 42.0 Å². The third-order valence-electron chi connectivity index (χ3n) is 2.43. The van der Waals surface area contributed by atoms with E-state index in [2.05, 4.69) is 13.2 Å². The van der Waals surface area contributed by atoms with Gasteiger partial charge in [-0.25, -0.2) is 0 Å². The summed E-state index contributed by atoms with van der Waals surface area (Å²) in [5, 5.41) is 0. The lowest BCUT2D eigenvalue weighted by atomic mass is 9.95. The second kappa shape index (κ2) is 4.28. The summed E-state index contributed by atoms with van der Waals surface area (Å²) in [4.78, 5) is 0. The Morgan fingerprint density at radius 1 is 1.06 bits per heavy atom. The van der Waals surface area contributed by atoms with Crippen molar-refractivity contribution in [3.8, 4) is 0 Å². The van der Waals surface area contributed by atoms with Crippen LogP contribution in [0.2, 0.25) is 0 Å². The highest BCUT2D eigenvalue weighted by molar-refractivity contribution is 5.83. The number of anilines is 1. The van der Waals surface area contributed by atoms with Gasteiger partial charge in [0.1, 0.15) is 0 Å². The van der Waals surface area contributed by atoms with Gasteiger partial charge in [-0.05, 0) is 37.1 Å². The highest BCUT2D eigenvalue weighted by atomic mass is 19.4. The van der Waals surface area contributed by atoms with Crippen LogP contribution < -0.4 is 5.73 Å². The number of nitrogen functional groups attached to an aromatic ring is 1. The van der Waals surface area contributed by atoms with Gasteiger partial charge in [-0.3, -0.25) is 0 Å². The van der Waals surface area contributed by atoms with E-state index in [1.807, 2.05) is 0 Å². The summed E-state index contributed by atoms with van der Waals surface area (Å²) in [5.41, 5.74) is 6.99. The topological polar surface area (TPSA) is 26.0 Å². The lowest BCUT2D eigenvalue weighted by Gasteiger charge is -2.15. The predicted molar refractivity (Wildman–Crippen MR) is 65.3 cm³/mol. The van der Waals surface area contributed by atoms with Crippen LogP contribution in [-0.2, 0) is 6.18 Å². The van der Waals surface area contributed by atoms with E-state index in [1.54, 1.807) is 13.8 Å². The minimum atomic E-state index is -4.40. The van der Waals surface area contributed by atoms with E-state index in [0.717, 1.165) is 12.1 Å². The maximum Gasteiger partial charge on any atom is 0.416 e. The Balaban J connectivity index is 3.59. The van der Waals surface area contributed by atoms with Crippen LogP contribution in [0, 0.1) is 0 Å². The van der Waals surface area contributed by atoms with Crippen LogP contribution in [0.3, 0.4) is 0 Å². The zero-order chi connectivity index (χ0) is 13.4. The summed E-state index contributed by atoms with van der Waals surface area (Å²) in [5.74, 6) is 0. The van der Waals surface area contributed by atoms with E-state index in [1.165, 1.54) is 0 Å². The molecule has 92 valence electrons. The number of alkyl halides is 3. The van der Waals surface area contributed by atoms with Crippen LogP contribution in [0.4, 0.5) is 18.9 Å². The van der Waals surface area contributed by atoms with Crippen molar-refractivity contribution >= 4 is 16.8 Å². The van der Waals surface area contributed by atoms with Crippen molar-refractivity contribution < 1.29 is 13.2 Å². The molecule has 0 radical (unpaired) electrons. The van der Waals surface area contributed by atoms with Crippen molar-refractivity contribution in [2.75, 3.05) is 5.73 Å². The number of halogens is 3. The Hall–Kier alpha value is -1.71. The molecule has 0 fully saturated rings. The predicted octanol–water partition coefficient (Wildman–Crippen LogP) is 4.35. The third kappa shape index (κ3) is 2.70. The fourth-order valence-corrected chi connectivity index (χ4v) is 1.52. The van der Waals surface area contributed by atoms with Gasteiger partial charge in [0.2, 0.25) is 0 Å². The average Bonchev–Trinajstić information content (AvgIpc) is 2.14. The van der Waals surface area contributed by atoms with Crippen LogP contribution in [-0.4, -0.2) is 0 Å². The molecule has 0 unspecified atom stereocenters. The molecule has 0 saturated heterocycles. The van der Waals surface area contributed by atoms with Gasteiger partial charge in [-0.15, -0.1) is 0 Å². The van der Waals surface area contributed by atoms with E-state index in [4.69, 9.17) is 5.73 Å². The number of hydrogen-bond donors (Lipinski definition) is 1. The molecular formula is C13H14F3N. The van der Waals surface area contributed by atoms with Crippen LogP contribution >= 0.6 is 0 Å². The van der Waals surface area contributed by atoms with E-state index in [-0.39, 0.29) is 5.69 Å². The lowest BCUT2D eigenvalue weighted by Crippen LogP contribution is -2.08. The number of hydrogen-bond acceptors (Lipinski definition) is 1. The molecule has 0 aliphatic heterocycles. The molecule has 0 aliphatic rings. The molecule has 0 spiro atoms. The van der Waals surface area contributed by atoms with Crippen LogP contribution in [0.1, 0.15) is 30.5 Å². The summed E-state index contributed by atoms with van der Waals surface area (Å²) in [6.07, 6.45) is -4.40. The number of nitrogens with two attached hydrogens (primary N) is 1. The molecule has 2 N–H and O–H groups in total. The molecule has 0 saturated carbocycles. The van der Waals surface area contributed by atoms with Crippen LogP contribution in [0.5, 0.6) is 0 Å². The van der Waals surface area contributed by atoms with Crippen LogP contribution in [0.15, 0.2) is 25.3 Å². The van der Waals surface area contributed by atoms with Crippen molar-refractivity contribution in [1.82, 2.24) is 0 Å². The Labute approximate surface area is 98.4 Å². The number of rotatable bonds is 2. The smallest absolute Gasteiger partial charge is 0.398 e. The van der Waals surface area contributed by atoms with Gasteiger partial charge in [0.05, 0.1) is 5.56 Å². The third-order valence-corrected chi connectivity index (χ3v) is 2.43. The first-order valence-corrected chi connectivity index (χ1v) is 4.97. The SMILES string of the molecule is C=C(C)c1cc(C(F)(F)F)cc(C(=C)C)c1N. The Kier molecular flexibility index (Phi) is 3.36. The first kappa shape index (κ1) is 13.4. The number of benzene rings is 1. The Bertz CT molecular complexity index is 449. The molecule has 1 aromatic carbocycles. The average molecular weight is 241 g/mol. The molecule has 1 rings (SSSR count). The van der Waals surface area contributed by atoms with E-state index >= 15 is 0 Å². The molecule has 4 heteroatoms. The minimum Gasteiger partial charge on any atom is -0.398 e. The van der Waals surface area contributed by atoms with Crippen molar-refractivity contribution in [3.63, 3.8) is 0 Å². The molecule has 0 aliphatic carbocycles. The maximum absolute atomic E-state index is 12.7. The molecule has 1 nitrogen and oxygen atoms in total. The van der Waals surface area contributed by atoms with Crippen LogP contribution in [0.25, 0.3) is 11.1 Å². The zero-order valence-corrected chi connectivity index (χ0v) is 9.78. The molecule has 17 heavy (non-hydrogen) atoms. The first-order valence-electron chi connectivity index (χ1n) is 4.97. The Morgan fingerprint density at radius 2 is 1.41 bits per heavy atom. The van der Waals surface area contributed by atoms with Crippen molar-refractivity contribution in [2.45, 2.75) is 20.0 Å².